The van der Waals surface area contributed by atoms with Gasteiger partial charge >= 0.3 is 5.97 Å². The highest BCUT2D eigenvalue weighted by atomic mass is 16.6. The number of ketones is 1. The number of carbonyl (C=O) groups is 2. The molecule has 0 amide bonds. The third-order valence-corrected chi connectivity index (χ3v) is 2.83. The fourth-order valence-electron chi connectivity index (χ4n) is 1.78. The van der Waals surface area contributed by atoms with Gasteiger partial charge < -0.3 is 9.84 Å². The lowest BCUT2D eigenvalue weighted by Gasteiger charge is -2.01. The van der Waals surface area contributed by atoms with Gasteiger partial charge in [-0.25, -0.2) is 4.79 Å². The first-order chi connectivity index (χ1) is 10.2. The largest absolute Gasteiger partial charge is 0.436 e. The van der Waals surface area contributed by atoms with Crippen LogP contribution in [0.2, 0.25) is 0 Å². The Morgan fingerprint density at radius 1 is 0.952 bits per heavy atom. The normalized spacial score (nSPS) is 10.5. The SMILES string of the molecule is O=C(C=Cc1ccc(C(=O)c2ccccc2)cc1)OCO. The summed E-state index contributed by atoms with van der Waals surface area (Å²) in [6.07, 6.45) is 2.76. The molecule has 0 saturated carbocycles. The van der Waals surface area contributed by atoms with E-state index in [9.17, 15) is 9.59 Å². The summed E-state index contributed by atoms with van der Waals surface area (Å²) in [5.74, 6) is -0.673. The fourth-order valence-corrected chi connectivity index (χ4v) is 1.78. The molecule has 0 radical (unpaired) electrons. The molecular weight excluding hydrogens is 268 g/mol. The van der Waals surface area contributed by atoms with Crippen LogP contribution < -0.4 is 0 Å². The van der Waals surface area contributed by atoms with Crippen molar-refractivity contribution in [3.8, 4) is 0 Å². The van der Waals surface area contributed by atoms with Crippen molar-refractivity contribution in [2.75, 3.05) is 6.79 Å². The van der Waals surface area contributed by atoms with Crippen molar-refractivity contribution in [1.29, 1.82) is 0 Å². The molecule has 4 heteroatoms. The van der Waals surface area contributed by atoms with E-state index in [0.29, 0.717) is 11.1 Å². The standard InChI is InChI=1S/C17H14O4/c18-12-21-16(19)11-8-13-6-9-15(10-7-13)17(20)14-4-2-1-3-5-14/h1-11,18H,12H2. The molecule has 0 unspecified atom stereocenters. The summed E-state index contributed by atoms with van der Waals surface area (Å²) < 4.78 is 4.36. The van der Waals surface area contributed by atoms with E-state index in [-0.39, 0.29) is 5.78 Å². The molecule has 2 aromatic carbocycles. The lowest BCUT2D eigenvalue weighted by atomic mass is 10.0. The van der Waals surface area contributed by atoms with Gasteiger partial charge in [-0.2, -0.15) is 0 Å². The van der Waals surface area contributed by atoms with E-state index >= 15 is 0 Å². The fraction of sp³-hybridized carbons (Fsp3) is 0.0588. The number of carbonyl (C=O) groups excluding carboxylic acids is 2. The third-order valence-electron chi connectivity index (χ3n) is 2.83. The van der Waals surface area contributed by atoms with Crippen molar-refractivity contribution >= 4 is 17.8 Å². The highest BCUT2D eigenvalue weighted by Crippen LogP contribution is 2.12. The Morgan fingerprint density at radius 3 is 2.19 bits per heavy atom. The molecule has 1 N–H and O–H groups in total. The molecule has 0 saturated heterocycles. The van der Waals surface area contributed by atoms with Gasteiger partial charge in [-0.1, -0.05) is 54.6 Å². The van der Waals surface area contributed by atoms with Gasteiger partial charge in [-0.15, -0.1) is 0 Å². The topological polar surface area (TPSA) is 63.6 Å². The maximum absolute atomic E-state index is 12.2. The average Bonchev–Trinajstić information content (AvgIpc) is 2.54. The second-order valence-corrected chi connectivity index (χ2v) is 4.24. The molecule has 0 aliphatic heterocycles. The Morgan fingerprint density at radius 2 is 1.57 bits per heavy atom. The molecule has 106 valence electrons. The summed E-state index contributed by atoms with van der Waals surface area (Å²) in [4.78, 5) is 23.2. The zero-order chi connectivity index (χ0) is 15.1. The van der Waals surface area contributed by atoms with Gasteiger partial charge in [-0.3, -0.25) is 4.79 Å². The van der Waals surface area contributed by atoms with Gasteiger partial charge in [0.15, 0.2) is 12.6 Å². The smallest absolute Gasteiger partial charge is 0.332 e. The number of hydrogen-bond donors (Lipinski definition) is 1. The number of rotatable bonds is 5. The first kappa shape index (κ1) is 14.7. The number of hydrogen-bond acceptors (Lipinski definition) is 4. The number of benzene rings is 2. The van der Waals surface area contributed by atoms with Gasteiger partial charge in [0, 0.05) is 17.2 Å². The summed E-state index contributed by atoms with van der Waals surface area (Å²) >= 11 is 0. The second kappa shape index (κ2) is 7.17. The molecule has 2 aromatic rings. The van der Waals surface area contributed by atoms with E-state index in [1.807, 2.05) is 18.2 Å². The minimum Gasteiger partial charge on any atom is -0.436 e. The Bertz CT molecular complexity index is 642. The number of ether oxygens (including phenoxy) is 1. The molecule has 0 fully saturated rings. The van der Waals surface area contributed by atoms with Gasteiger partial charge in [0.2, 0.25) is 0 Å². The van der Waals surface area contributed by atoms with E-state index < -0.39 is 12.8 Å². The zero-order valence-electron chi connectivity index (χ0n) is 11.2. The quantitative estimate of drug-likeness (QED) is 0.396. The summed E-state index contributed by atoms with van der Waals surface area (Å²) in [7, 11) is 0. The van der Waals surface area contributed by atoms with Gasteiger partial charge in [-0.05, 0) is 11.6 Å². The van der Waals surface area contributed by atoms with Crippen LogP contribution in [0.3, 0.4) is 0 Å². The minimum atomic E-state index is -0.645. The molecule has 0 spiro atoms. The Hall–Kier alpha value is -2.72. The molecule has 0 aromatic heterocycles. The van der Waals surface area contributed by atoms with Gasteiger partial charge in [0.1, 0.15) is 0 Å². The minimum absolute atomic E-state index is 0.0502. The van der Waals surface area contributed by atoms with Crippen LogP contribution in [-0.4, -0.2) is 23.7 Å². The summed E-state index contributed by atoms with van der Waals surface area (Å²) in [6.45, 7) is -0.645. The van der Waals surface area contributed by atoms with Crippen molar-refractivity contribution in [1.82, 2.24) is 0 Å². The Kier molecular flexibility index (Phi) is 5.01. The predicted octanol–water partition coefficient (Wildman–Crippen LogP) is 2.42. The second-order valence-electron chi connectivity index (χ2n) is 4.24. The van der Waals surface area contributed by atoms with E-state index in [0.717, 1.165) is 5.56 Å². The monoisotopic (exact) mass is 282 g/mol. The van der Waals surface area contributed by atoms with Crippen LogP contribution in [0.15, 0.2) is 60.7 Å². The highest BCUT2D eigenvalue weighted by Gasteiger charge is 2.07. The van der Waals surface area contributed by atoms with Gasteiger partial charge in [0.25, 0.3) is 0 Å². The average molecular weight is 282 g/mol. The molecule has 0 aliphatic carbocycles. The summed E-state index contributed by atoms with van der Waals surface area (Å²) in [5, 5.41) is 8.43. The summed E-state index contributed by atoms with van der Waals surface area (Å²) in [5.41, 5.74) is 1.97. The van der Waals surface area contributed by atoms with Crippen molar-refractivity contribution in [2.45, 2.75) is 0 Å². The molecule has 0 bridgehead atoms. The molecule has 4 nitrogen and oxygen atoms in total. The van der Waals surface area contributed by atoms with Gasteiger partial charge in [0.05, 0.1) is 0 Å². The summed E-state index contributed by atoms with van der Waals surface area (Å²) in [6, 6.07) is 15.9. The van der Waals surface area contributed by atoms with Crippen LogP contribution in [0.5, 0.6) is 0 Å². The first-order valence-corrected chi connectivity index (χ1v) is 6.36. The first-order valence-electron chi connectivity index (χ1n) is 6.36. The molecular formula is C17H14O4. The number of aliphatic hydroxyl groups is 1. The van der Waals surface area contributed by atoms with E-state index in [4.69, 9.17) is 5.11 Å². The van der Waals surface area contributed by atoms with E-state index in [1.54, 1.807) is 42.5 Å². The maximum atomic E-state index is 12.2. The third kappa shape index (κ3) is 4.12. The van der Waals surface area contributed by atoms with Crippen molar-refractivity contribution < 1.29 is 19.4 Å². The molecule has 21 heavy (non-hydrogen) atoms. The zero-order valence-corrected chi connectivity index (χ0v) is 11.2. The van der Waals surface area contributed by atoms with Crippen molar-refractivity contribution in [3.63, 3.8) is 0 Å². The molecule has 2 rings (SSSR count). The van der Waals surface area contributed by atoms with Crippen LogP contribution >= 0.6 is 0 Å². The van der Waals surface area contributed by atoms with E-state index in [2.05, 4.69) is 4.74 Å². The lowest BCUT2D eigenvalue weighted by molar-refractivity contribution is -0.145. The Balaban J connectivity index is 2.09. The van der Waals surface area contributed by atoms with Crippen LogP contribution in [-0.2, 0) is 9.53 Å². The highest BCUT2D eigenvalue weighted by molar-refractivity contribution is 6.09. The van der Waals surface area contributed by atoms with E-state index in [1.165, 1.54) is 6.08 Å². The van der Waals surface area contributed by atoms with Crippen LogP contribution in [0.1, 0.15) is 21.5 Å². The molecule has 0 atom stereocenters. The van der Waals surface area contributed by atoms with Crippen molar-refractivity contribution in [2.24, 2.45) is 0 Å². The molecule has 0 aliphatic rings. The number of aliphatic hydroxyl groups excluding tert-OH is 1. The lowest BCUT2D eigenvalue weighted by Crippen LogP contribution is -2.01. The van der Waals surface area contributed by atoms with Crippen LogP contribution in [0, 0.1) is 0 Å². The van der Waals surface area contributed by atoms with Crippen LogP contribution in [0.25, 0.3) is 6.08 Å². The Labute approximate surface area is 122 Å². The van der Waals surface area contributed by atoms with Crippen molar-refractivity contribution in [3.05, 3.63) is 77.4 Å². The maximum Gasteiger partial charge on any atom is 0.332 e. The van der Waals surface area contributed by atoms with Crippen LogP contribution in [0.4, 0.5) is 0 Å². The predicted molar refractivity (Wildman–Crippen MR) is 78.5 cm³/mol. The molecule has 0 heterocycles. The number of esters is 1.